The van der Waals surface area contributed by atoms with E-state index in [4.69, 9.17) is 0 Å². The summed E-state index contributed by atoms with van der Waals surface area (Å²) >= 11 is 0. The molecule has 1 aromatic carbocycles. The highest BCUT2D eigenvalue weighted by Gasteiger charge is 2.26. The fraction of sp³-hybridized carbons (Fsp3) is 0.545. The summed E-state index contributed by atoms with van der Waals surface area (Å²) in [4.78, 5) is 23.4. The van der Waals surface area contributed by atoms with Crippen LogP contribution in [0.2, 0.25) is 0 Å². The van der Waals surface area contributed by atoms with Gasteiger partial charge in [-0.1, -0.05) is 12.1 Å². The molecule has 1 aromatic heterocycles. The number of aromatic nitrogens is 2. The molecule has 2 aromatic rings. The van der Waals surface area contributed by atoms with Crippen LogP contribution < -0.4 is 4.90 Å². The lowest BCUT2D eigenvalue weighted by molar-refractivity contribution is -0.133. The summed E-state index contributed by atoms with van der Waals surface area (Å²) in [5.74, 6) is 1.60. The minimum Gasteiger partial charge on any atom is -0.366 e. The number of halogens is 1. The van der Waals surface area contributed by atoms with E-state index in [1.165, 1.54) is 12.5 Å². The highest BCUT2D eigenvalue weighted by molar-refractivity contribution is 5.78. The minimum atomic E-state index is -0.195. The number of rotatable bonds is 5. The van der Waals surface area contributed by atoms with Crippen molar-refractivity contribution in [1.29, 1.82) is 0 Å². The van der Waals surface area contributed by atoms with E-state index in [1.807, 2.05) is 41.2 Å². The van der Waals surface area contributed by atoms with Crippen LogP contribution in [0.25, 0.3) is 0 Å². The minimum absolute atomic E-state index is 0.192. The number of likely N-dealkylation sites (tertiary alicyclic amines) is 1. The first-order valence-electron chi connectivity index (χ1n) is 10.6. The van der Waals surface area contributed by atoms with E-state index < -0.39 is 0 Å². The summed E-state index contributed by atoms with van der Waals surface area (Å²) < 4.78 is 16.2. The van der Waals surface area contributed by atoms with Crippen molar-refractivity contribution in [3.63, 3.8) is 0 Å². The van der Waals surface area contributed by atoms with E-state index in [0.717, 1.165) is 31.9 Å². The Morgan fingerprint density at radius 2 is 1.97 bits per heavy atom. The molecule has 2 aliphatic heterocycles. The van der Waals surface area contributed by atoms with Gasteiger partial charge in [0.05, 0.1) is 12.2 Å². The number of hydrogen-bond donors (Lipinski definition) is 0. The molecular weight excluding hydrogens is 369 g/mol. The predicted molar refractivity (Wildman–Crippen MR) is 111 cm³/mol. The summed E-state index contributed by atoms with van der Waals surface area (Å²) in [5.41, 5.74) is 0.633. The van der Waals surface area contributed by atoms with Crippen molar-refractivity contribution >= 4 is 11.6 Å². The Hall–Kier alpha value is -2.41. The molecule has 1 amide bonds. The molecule has 156 valence electrons. The van der Waals surface area contributed by atoms with Gasteiger partial charge in [0.2, 0.25) is 5.91 Å². The van der Waals surface area contributed by atoms with E-state index in [-0.39, 0.29) is 11.7 Å². The highest BCUT2D eigenvalue weighted by atomic mass is 19.1. The van der Waals surface area contributed by atoms with Crippen molar-refractivity contribution in [3.8, 4) is 0 Å². The van der Waals surface area contributed by atoms with Gasteiger partial charge in [-0.05, 0) is 44.4 Å². The summed E-state index contributed by atoms with van der Waals surface area (Å²) in [7, 11) is 0. The smallest absolute Gasteiger partial charge is 0.236 e. The third-order valence-corrected chi connectivity index (χ3v) is 6.17. The van der Waals surface area contributed by atoms with Crippen LogP contribution in [0.3, 0.4) is 0 Å². The molecule has 2 saturated heterocycles. The van der Waals surface area contributed by atoms with Crippen LogP contribution in [0, 0.1) is 18.7 Å². The number of carbonyl (C=O) groups is 1. The van der Waals surface area contributed by atoms with E-state index in [9.17, 15) is 9.18 Å². The number of piperazine rings is 1. The Morgan fingerprint density at radius 3 is 2.69 bits per heavy atom. The normalized spacial score (nSPS) is 20.8. The van der Waals surface area contributed by atoms with Gasteiger partial charge in [-0.3, -0.25) is 9.69 Å². The maximum Gasteiger partial charge on any atom is 0.236 e. The average molecular weight is 400 g/mol. The van der Waals surface area contributed by atoms with Crippen molar-refractivity contribution in [3.05, 3.63) is 48.3 Å². The molecule has 2 aliphatic rings. The molecule has 2 fully saturated rings. The zero-order chi connectivity index (χ0) is 20.2. The maximum absolute atomic E-state index is 14.0. The topological polar surface area (TPSA) is 44.6 Å². The first-order chi connectivity index (χ1) is 14.1. The molecule has 0 N–H and O–H groups in total. The zero-order valence-corrected chi connectivity index (χ0v) is 17.1. The van der Waals surface area contributed by atoms with Gasteiger partial charge in [0.15, 0.2) is 0 Å². The lowest BCUT2D eigenvalue weighted by atomic mass is 9.98. The molecule has 4 rings (SSSR count). The van der Waals surface area contributed by atoms with Crippen LogP contribution in [-0.4, -0.2) is 71.1 Å². The van der Waals surface area contributed by atoms with Gasteiger partial charge in [-0.25, -0.2) is 9.37 Å². The van der Waals surface area contributed by atoms with Crippen molar-refractivity contribution < 1.29 is 9.18 Å². The molecule has 0 aliphatic carbocycles. The van der Waals surface area contributed by atoms with E-state index in [1.54, 1.807) is 6.07 Å². The van der Waals surface area contributed by atoms with E-state index >= 15 is 0 Å². The second kappa shape index (κ2) is 8.95. The first kappa shape index (κ1) is 19.9. The molecule has 3 heterocycles. The van der Waals surface area contributed by atoms with Crippen LogP contribution in [0.5, 0.6) is 0 Å². The second-order valence-electron chi connectivity index (χ2n) is 8.19. The SMILES string of the molecule is Cc1nccn1C[C@@H]1CCCN(CC(=O)N2CCN(c3ccccc3F)CC2)C1. The Bertz CT molecular complexity index is 830. The van der Waals surface area contributed by atoms with Crippen LogP contribution in [0.15, 0.2) is 36.7 Å². The molecule has 1 atom stereocenters. The molecule has 0 radical (unpaired) electrons. The summed E-state index contributed by atoms with van der Waals surface area (Å²) in [6.45, 7) is 8.09. The number of benzene rings is 1. The molecule has 7 heteroatoms. The van der Waals surface area contributed by atoms with Gasteiger partial charge < -0.3 is 14.4 Å². The third-order valence-electron chi connectivity index (χ3n) is 6.17. The summed E-state index contributed by atoms with van der Waals surface area (Å²) in [5, 5.41) is 0. The summed E-state index contributed by atoms with van der Waals surface area (Å²) in [6.07, 6.45) is 6.21. The lowest BCUT2D eigenvalue weighted by Crippen LogP contribution is -2.52. The number of imidazole rings is 1. The van der Waals surface area contributed by atoms with Crippen LogP contribution >= 0.6 is 0 Å². The fourth-order valence-corrected chi connectivity index (χ4v) is 4.51. The van der Waals surface area contributed by atoms with Gasteiger partial charge in [0, 0.05) is 51.7 Å². The number of piperidine rings is 1. The van der Waals surface area contributed by atoms with Crippen LogP contribution in [0.4, 0.5) is 10.1 Å². The molecular formula is C22H30FN5O. The van der Waals surface area contributed by atoms with Crippen molar-refractivity contribution in [2.45, 2.75) is 26.3 Å². The number of anilines is 1. The van der Waals surface area contributed by atoms with Crippen LogP contribution in [0.1, 0.15) is 18.7 Å². The standard InChI is InChI=1S/C22H30FN5O/c1-18-24-8-10-28(18)16-19-5-4-9-25(15-19)17-22(29)27-13-11-26(12-14-27)21-7-3-2-6-20(21)23/h2-3,6-8,10,19H,4-5,9,11-17H2,1H3/t19-/m1/s1. The molecule has 29 heavy (non-hydrogen) atoms. The zero-order valence-electron chi connectivity index (χ0n) is 17.1. The van der Waals surface area contributed by atoms with Gasteiger partial charge in [0.25, 0.3) is 0 Å². The van der Waals surface area contributed by atoms with Gasteiger partial charge in [0.1, 0.15) is 11.6 Å². The Balaban J connectivity index is 1.26. The Morgan fingerprint density at radius 1 is 1.17 bits per heavy atom. The number of nitrogens with zero attached hydrogens (tertiary/aromatic N) is 5. The number of para-hydroxylation sites is 1. The van der Waals surface area contributed by atoms with Crippen molar-refractivity contribution in [1.82, 2.24) is 19.4 Å². The molecule has 0 bridgehead atoms. The van der Waals surface area contributed by atoms with Crippen molar-refractivity contribution in [2.75, 3.05) is 50.7 Å². The Labute approximate surface area is 171 Å². The highest BCUT2D eigenvalue weighted by Crippen LogP contribution is 2.21. The quantitative estimate of drug-likeness (QED) is 0.775. The monoisotopic (exact) mass is 399 g/mol. The molecule has 0 saturated carbocycles. The van der Waals surface area contributed by atoms with Gasteiger partial charge in [-0.15, -0.1) is 0 Å². The third kappa shape index (κ3) is 4.78. The largest absolute Gasteiger partial charge is 0.366 e. The number of carbonyl (C=O) groups excluding carboxylic acids is 1. The number of hydrogen-bond acceptors (Lipinski definition) is 4. The first-order valence-corrected chi connectivity index (χ1v) is 10.6. The second-order valence-corrected chi connectivity index (χ2v) is 8.19. The van der Waals surface area contributed by atoms with E-state index in [0.29, 0.717) is 44.3 Å². The predicted octanol–water partition coefficient (Wildman–Crippen LogP) is 2.39. The van der Waals surface area contributed by atoms with E-state index in [2.05, 4.69) is 14.5 Å². The van der Waals surface area contributed by atoms with Gasteiger partial charge in [-0.2, -0.15) is 0 Å². The molecule has 6 nitrogen and oxygen atoms in total. The molecule has 0 spiro atoms. The van der Waals surface area contributed by atoms with Gasteiger partial charge >= 0.3 is 0 Å². The number of aryl methyl sites for hydroxylation is 1. The Kier molecular flexibility index (Phi) is 6.13. The van der Waals surface area contributed by atoms with Crippen molar-refractivity contribution in [2.24, 2.45) is 5.92 Å². The fourth-order valence-electron chi connectivity index (χ4n) is 4.51. The maximum atomic E-state index is 14.0. The van der Waals surface area contributed by atoms with Crippen LogP contribution in [-0.2, 0) is 11.3 Å². The lowest BCUT2D eigenvalue weighted by Gasteiger charge is -2.38. The number of amides is 1. The summed E-state index contributed by atoms with van der Waals surface area (Å²) in [6, 6.07) is 6.86. The average Bonchev–Trinajstić information content (AvgIpc) is 3.13. The molecule has 0 unspecified atom stereocenters.